The van der Waals surface area contributed by atoms with Gasteiger partial charge in [-0.1, -0.05) is 12.1 Å². The van der Waals surface area contributed by atoms with Crippen LogP contribution in [0.1, 0.15) is 25.3 Å². The zero-order valence-corrected chi connectivity index (χ0v) is 19.4. The number of benzene rings is 1. The van der Waals surface area contributed by atoms with Crippen molar-refractivity contribution in [1.82, 2.24) is 15.5 Å². The highest BCUT2D eigenvalue weighted by Crippen LogP contribution is 2.22. The van der Waals surface area contributed by atoms with Crippen molar-refractivity contribution in [3.8, 4) is 5.75 Å². The highest BCUT2D eigenvalue weighted by Gasteiger charge is 2.32. The Kier molecular flexibility index (Phi) is 9.95. The van der Waals surface area contributed by atoms with E-state index >= 15 is 0 Å². The lowest BCUT2D eigenvalue weighted by atomic mass is 10.2. The minimum absolute atomic E-state index is 0. The summed E-state index contributed by atoms with van der Waals surface area (Å²) in [5, 5.41) is 6.53. The molecule has 170 valence electrons. The van der Waals surface area contributed by atoms with Crippen molar-refractivity contribution >= 4 is 29.9 Å². The fourth-order valence-corrected chi connectivity index (χ4v) is 3.59. The quantitative estimate of drug-likeness (QED) is 0.315. The second-order valence-electron chi connectivity index (χ2n) is 7.37. The molecule has 0 spiro atoms. The van der Waals surface area contributed by atoms with Gasteiger partial charge >= 0.3 is 6.18 Å². The van der Waals surface area contributed by atoms with Crippen LogP contribution in [0.4, 0.5) is 13.2 Å². The third-order valence-electron chi connectivity index (χ3n) is 5.05. The maximum atomic E-state index is 12.2. The maximum Gasteiger partial charge on any atom is 0.422 e. The van der Waals surface area contributed by atoms with Crippen molar-refractivity contribution in [3.05, 3.63) is 29.8 Å². The second kappa shape index (κ2) is 11.9. The van der Waals surface area contributed by atoms with E-state index in [0.717, 1.165) is 31.8 Å². The number of alkyl halides is 3. The van der Waals surface area contributed by atoms with Crippen molar-refractivity contribution in [2.45, 2.75) is 44.6 Å². The Bertz CT molecular complexity index is 673. The minimum Gasteiger partial charge on any atom is -0.484 e. The first-order valence-electron chi connectivity index (χ1n) is 10.1. The zero-order valence-electron chi connectivity index (χ0n) is 17.1. The largest absolute Gasteiger partial charge is 0.484 e. The van der Waals surface area contributed by atoms with Gasteiger partial charge in [0.25, 0.3) is 0 Å². The molecule has 1 aromatic carbocycles. The van der Waals surface area contributed by atoms with Gasteiger partial charge in [-0.3, -0.25) is 4.90 Å². The lowest BCUT2D eigenvalue weighted by molar-refractivity contribution is -0.153. The monoisotopic (exact) mass is 542 g/mol. The number of nitrogens with zero attached hydrogens (tertiary/aromatic N) is 2. The molecule has 30 heavy (non-hydrogen) atoms. The van der Waals surface area contributed by atoms with Crippen molar-refractivity contribution in [1.29, 1.82) is 0 Å². The summed E-state index contributed by atoms with van der Waals surface area (Å²) in [5.41, 5.74) is 0.885. The van der Waals surface area contributed by atoms with Crippen LogP contribution in [0.15, 0.2) is 29.3 Å². The molecule has 6 nitrogen and oxygen atoms in total. The standard InChI is InChI=1S/C20H29F3N4O2.HI/c1-2-24-19(26-11-18-12-27-9-3-4-16(27)13-28-18)25-10-15-5-7-17(8-6-15)29-14-20(21,22)23;/h5-8,16,18H,2-4,9-14H2,1H3,(H2,24,25,26);1H. The van der Waals surface area contributed by atoms with E-state index in [9.17, 15) is 13.2 Å². The third kappa shape index (κ3) is 8.10. The number of morpholine rings is 1. The number of halogens is 4. The molecule has 2 fully saturated rings. The molecule has 0 amide bonds. The molecule has 0 saturated carbocycles. The molecular formula is C20H30F3IN4O2. The lowest BCUT2D eigenvalue weighted by Crippen LogP contribution is -2.51. The average molecular weight is 542 g/mol. The van der Waals surface area contributed by atoms with Gasteiger partial charge in [0.1, 0.15) is 5.75 Å². The highest BCUT2D eigenvalue weighted by molar-refractivity contribution is 14.0. The molecule has 2 aliphatic rings. The molecular weight excluding hydrogens is 512 g/mol. The van der Waals surface area contributed by atoms with Gasteiger partial charge < -0.3 is 20.1 Å². The zero-order chi connectivity index (χ0) is 20.7. The number of guanidine groups is 1. The van der Waals surface area contributed by atoms with Gasteiger partial charge in [0.15, 0.2) is 12.6 Å². The predicted molar refractivity (Wildman–Crippen MR) is 121 cm³/mol. The Morgan fingerprint density at radius 3 is 2.73 bits per heavy atom. The van der Waals surface area contributed by atoms with Gasteiger partial charge in [-0.2, -0.15) is 13.2 Å². The first kappa shape index (κ1) is 25.0. The van der Waals surface area contributed by atoms with Crippen molar-refractivity contribution < 1.29 is 22.6 Å². The van der Waals surface area contributed by atoms with Gasteiger partial charge in [-0.25, -0.2) is 4.99 Å². The van der Waals surface area contributed by atoms with Crippen molar-refractivity contribution in [2.24, 2.45) is 4.99 Å². The van der Waals surface area contributed by atoms with Crippen LogP contribution in [0.25, 0.3) is 0 Å². The molecule has 0 aliphatic carbocycles. The molecule has 2 atom stereocenters. The van der Waals surface area contributed by atoms with E-state index in [0.29, 0.717) is 25.1 Å². The molecule has 10 heteroatoms. The topological polar surface area (TPSA) is 58.1 Å². The van der Waals surface area contributed by atoms with E-state index in [4.69, 9.17) is 9.47 Å². The number of nitrogens with one attached hydrogen (secondary N) is 2. The van der Waals surface area contributed by atoms with E-state index < -0.39 is 12.8 Å². The third-order valence-corrected chi connectivity index (χ3v) is 5.05. The molecule has 1 aromatic rings. The van der Waals surface area contributed by atoms with Crippen molar-refractivity contribution in [3.63, 3.8) is 0 Å². The molecule has 0 radical (unpaired) electrons. The Morgan fingerprint density at radius 2 is 2.03 bits per heavy atom. The van der Waals surface area contributed by atoms with Gasteiger partial charge in [0, 0.05) is 25.7 Å². The summed E-state index contributed by atoms with van der Waals surface area (Å²) < 4.78 is 47.3. The molecule has 0 aromatic heterocycles. The molecule has 3 rings (SSSR count). The first-order valence-corrected chi connectivity index (χ1v) is 10.1. The van der Waals surface area contributed by atoms with Crippen LogP contribution in [0, 0.1) is 0 Å². The fourth-order valence-electron chi connectivity index (χ4n) is 3.59. The Morgan fingerprint density at radius 1 is 1.27 bits per heavy atom. The molecule has 2 heterocycles. The predicted octanol–water partition coefficient (Wildman–Crippen LogP) is 3.16. The summed E-state index contributed by atoms with van der Waals surface area (Å²) in [6.07, 6.45) is -1.73. The van der Waals surface area contributed by atoms with E-state index in [-0.39, 0.29) is 35.8 Å². The van der Waals surface area contributed by atoms with Gasteiger partial charge in [-0.15, -0.1) is 24.0 Å². The SMILES string of the molecule is CCNC(=NCc1ccc(OCC(F)(F)F)cc1)NCC1CN2CCCC2CO1.I. The van der Waals surface area contributed by atoms with E-state index in [1.807, 2.05) is 6.92 Å². The molecule has 2 N–H and O–H groups in total. The molecule has 2 unspecified atom stereocenters. The summed E-state index contributed by atoms with van der Waals surface area (Å²) in [7, 11) is 0. The Labute approximate surface area is 192 Å². The number of fused-ring (bicyclic) bond motifs is 1. The lowest BCUT2D eigenvalue weighted by Gasteiger charge is -2.35. The van der Waals surface area contributed by atoms with Gasteiger partial charge in [-0.05, 0) is 44.0 Å². The number of aliphatic imine (C=N–C) groups is 1. The number of hydrogen-bond acceptors (Lipinski definition) is 4. The van der Waals surface area contributed by atoms with Crippen molar-refractivity contribution in [2.75, 3.05) is 39.4 Å². The van der Waals surface area contributed by atoms with Gasteiger partial charge in [0.05, 0.1) is 19.3 Å². The Balaban J connectivity index is 0.00000320. The van der Waals surface area contributed by atoms with E-state index in [2.05, 4.69) is 20.5 Å². The van der Waals surface area contributed by atoms with Crippen LogP contribution in [-0.4, -0.2) is 68.6 Å². The summed E-state index contributed by atoms with van der Waals surface area (Å²) in [6.45, 7) is 5.42. The summed E-state index contributed by atoms with van der Waals surface area (Å²) in [4.78, 5) is 7.06. The summed E-state index contributed by atoms with van der Waals surface area (Å²) in [5.74, 6) is 0.881. The van der Waals surface area contributed by atoms with E-state index in [1.165, 1.54) is 25.0 Å². The summed E-state index contributed by atoms with van der Waals surface area (Å²) >= 11 is 0. The maximum absolute atomic E-state index is 12.2. The van der Waals surface area contributed by atoms with Crippen LogP contribution >= 0.6 is 24.0 Å². The van der Waals surface area contributed by atoms with Crippen LogP contribution in [-0.2, 0) is 11.3 Å². The van der Waals surface area contributed by atoms with Crippen LogP contribution in [0.5, 0.6) is 5.75 Å². The average Bonchev–Trinajstić information content (AvgIpc) is 3.16. The van der Waals surface area contributed by atoms with Crippen LogP contribution in [0.2, 0.25) is 0 Å². The van der Waals surface area contributed by atoms with Crippen LogP contribution < -0.4 is 15.4 Å². The van der Waals surface area contributed by atoms with E-state index in [1.54, 1.807) is 12.1 Å². The normalized spacial score (nSPS) is 22.2. The highest BCUT2D eigenvalue weighted by atomic mass is 127. The fraction of sp³-hybridized carbons (Fsp3) is 0.650. The Hall–Kier alpha value is -1.27. The molecule has 2 aliphatic heterocycles. The first-order chi connectivity index (χ1) is 13.9. The van der Waals surface area contributed by atoms with Gasteiger partial charge in [0.2, 0.25) is 0 Å². The summed E-state index contributed by atoms with van der Waals surface area (Å²) in [6, 6.07) is 7.07. The smallest absolute Gasteiger partial charge is 0.422 e. The van der Waals surface area contributed by atoms with Crippen LogP contribution in [0.3, 0.4) is 0 Å². The number of hydrogen-bond donors (Lipinski definition) is 2. The second-order valence-corrected chi connectivity index (χ2v) is 7.37. The number of ether oxygens (including phenoxy) is 2. The number of rotatable bonds is 7. The molecule has 2 saturated heterocycles. The molecule has 0 bridgehead atoms. The minimum atomic E-state index is -4.34.